The van der Waals surface area contributed by atoms with Gasteiger partial charge in [-0.3, -0.25) is 9.59 Å². The number of carboxylic acid groups (broad SMARTS) is 1. The Kier molecular flexibility index (Phi) is 4.65. The second kappa shape index (κ2) is 6.45. The second-order valence-corrected chi connectivity index (χ2v) is 4.93. The quantitative estimate of drug-likeness (QED) is 0.857. The van der Waals surface area contributed by atoms with Gasteiger partial charge in [-0.05, 0) is 37.8 Å². The van der Waals surface area contributed by atoms with E-state index in [1.54, 1.807) is 4.90 Å². The summed E-state index contributed by atoms with van der Waals surface area (Å²) in [5.41, 5.74) is 0.0761. The number of hydrogen-bond donors (Lipinski definition) is 1. The third kappa shape index (κ3) is 3.53. The van der Waals surface area contributed by atoms with E-state index >= 15 is 0 Å². The number of piperidine rings is 1. The van der Waals surface area contributed by atoms with E-state index < -0.39 is 11.9 Å². The highest BCUT2D eigenvalue weighted by molar-refractivity contribution is 5.92. The minimum absolute atomic E-state index is 0.0328. The fourth-order valence-electron chi connectivity index (χ4n) is 2.53. The van der Waals surface area contributed by atoms with Crippen LogP contribution in [-0.4, -0.2) is 39.5 Å². The van der Waals surface area contributed by atoms with Crippen molar-refractivity contribution in [1.82, 2.24) is 9.88 Å². The lowest BCUT2D eigenvalue weighted by Crippen LogP contribution is -2.44. The predicted molar refractivity (Wildman–Crippen MR) is 69.7 cm³/mol. The molecule has 1 fully saturated rings. The molecule has 0 bridgehead atoms. The Morgan fingerprint density at radius 3 is 2.90 bits per heavy atom. The van der Waals surface area contributed by atoms with Gasteiger partial charge in [-0.15, -0.1) is 0 Å². The van der Waals surface area contributed by atoms with Crippen LogP contribution in [0.4, 0.5) is 4.39 Å². The maximum atomic E-state index is 13.1. The smallest absolute Gasteiger partial charge is 0.303 e. The van der Waals surface area contributed by atoms with Gasteiger partial charge in [-0.2, -0.15) is 4.39 Å². The summed E-state index contributed by atoms with van der Waals surface area (Å²) in [7, 11) is 0. The Hall–Kier alpha value is -1.98. The van der Waals surface area contributed by atoms with Gasteiger partial charge in [0.05, 0.1) is 0 Å². The first-order valence-corrected chi connectivity index (χ1v) is 6.73. The van der Waals surface area contributed by atoms with Crippen molar-refractivity contribution in [2.75, 3.05) is 6.54 Å². The molecule has 0 aromatic carbocycles. The fourth-order valence-corrected chi connectivity index (χ4v) is 2.53. The zero-order valence-electron chi connectivity index (χ0n) is 11.1. The topological polar surface area (TPSA) is 70.5 Å². The molecular weight excluding hydrogens is 263 g/mol. The number of carboxylic acids is 1. The number of aromatic nitrogens is 1. The zero-order valence-corrected chi connectivity index (χ0v) is 11.1. The van der Waals surface area contributed by atoms with Crippen LogP contribution in [-0.2, 0) is 4.79 Å². The molecule has 0 radical (unpaired) electrons. The van der Waals surface area contributed by atoms with Gasteiger partial charge in [-0.1, -0.05) is 6.07 Å². The van der Waals surface area contributed by atoms with Crippen molar-refractivity contribution in [2.45, 2.75) is 38.1 Å². The van der Waals surface area contributed by atoms with Crippen LogP contribution in [0, 0.1) is 5.95 Å². The number of nitrogens with zero attached hydrogens (tertiary/aromatic N) is 2. The Morgan fingerprint density at radius 1 is 1.40 bits per heavy atom. The lowest BCUT2D eigenvalue weighted by Gasteiger charge is -2.35. The normalized spacial score (nSPS) is 18.9. The minimum Gasteiger partial charge on any atom is -0.481 e. The molecule has 6 heteroatoms. The van der Waals surface area contributed by atoms with E-state index in [0.717, 1.165) is 19.3 Å². The minimum atomic E-state index is -0.869. The number of carbonyl (C=O) groups is 2. The molecule has 2 rings (SSSR count). The van der Waals surface area contributed by atoms with Crippen molar-refractivity contribution in [2.24, 2.45) is 0 Å². The van der Waals surface area contributed by atoms with Crippen LogP contribution in [0.2, 0.25) is 0 Å². The van der Waals surface area contributed by atoms with E-state index in [9.17, 15) is 14.0 Å². The van der Waals surface area contributed by atoms with Crippen molar-refractivity contribution in [3.05, 3.63) is 29.8 Å². The Bertz CT molecular complexity index is 507. The van der Waals surface area contributed by atoms with Gasteiger partial charge in [0.1, 0.15) is 5.69 Å². The summed E-state index contributed by atoms with van der Waals surface area (Å²) >= 11 is 0. The highest BCUT2D eigenvalue weighted by Gasteiger charge is 2.28. The molecule has 1 aromatic heterocycles. The van der Waals surface area contributed by atoms with E-state index in [1.165, 1.54) is 18.2 Å². The van der Waals surface area contributed by atoms with Gasteiger partial charge in [0.25, 0.3) is 5.91 Å². The number of pyridine rings is 1. The van der Waals surface area contributed by atoms with Gasteiger partial charge < -0.3 is 10.0 Å². The SMILES string of the molecule is O=C(O)CCC1CCCCN1C(=O)c1cccc(F)n1. The summed E-state index contributed by atoms with van der Waals surface area (Å²) in [6, 6.07) is 4.02. The number of carbonyl (C=O) groups excluding carboxylic acids is 1. The number of aliphatic carboxylic acids is 1. The van der Waals surface area contributed by atoms with Crippen LogP contribution in [0.5, 0.6) is 0 Å². The van der Waals surface area contributed by atoms with Crippen molar-refractivity contribution in [3.63, 3.8) is 0 Å². The molecule has 1 aromatic rings. The van der Waals surface area contributed by atoms with Crippen LogP contribution in [0.1, 0.15) is 42.6 Å². The number of hydrogen-bond acceptors (Lipinski definition) is 3. The van der Waals surface area contributed by atoms with Crippen molar-refractivity contribution < 1.29 is 19.1 Å². The number of likely N-dealkylation sites (tertiary alicyclic amines) is 1. The van der Waals surface area contributed by atoms with Crippen LogP contribution in [0.15, 0.2) is 18.2 Å². The monoisotopic (exact) mass is 280 g/mol. The molecule has 0 saturated carbocycles. The van der Waals surface area contributed by atoms with Crippen molar-refractivity contribution in [3.8, 4) is 0 Å². The first-order valence-electron chi connectivity index (χ1n) is 6.73. The summed E-state index contributed by atoms with van der Waals surface area (Å²) in [6.07, 6.45) is 3.10. The molecular formula is C14H17FN2O3. The van der Waals surface area contributed by atoms with Crippen LogP contribution in [0.3, 0.4) is 0 Å². The van der Waals surface area contributed by atoms with E-state index in [4.69, 9.17) is 5.11 Å². The maximum Gasteiger partial charge on any atom is 0.303 e. The van der Waals surface area contributed by atoms with Gasteiger partial charge in [0.15, 0.2) is 0 Å². The molecule has 0 aliphatic carbocycles. The third-order valence-corrected chi connectivity index (χ3v) is 3.51. The second-order valence-electron chi connectivity index (χ2n) is 4.93. The molecule has 108 valence electrons. The number of rotatable bonds is 4. The summed E-state index contributed by atoms with van der Waals surface area (Å²) in [4.78, 5) is 28.3. The first kappa shape index (κ1) is 14.4. The van der Waals surface area contributed by atoms with E-state index in [-0.39, 0.29) is 24.1 Å². The molecule has 20 heavy (non-hydrogen) atoms. The summed E-state index contributed by atoms with van der Waals surface area (Å²) in [5.74, 6) is -1.87. The fraction of sp³-hybridized carbons (Fsp3) is 0.500. The zero-order chi connectivity index (χ0) is 14.5. The number of halogens is 1. The van der Waals surface area contributed by atoms with Crippen LogP contribution < -0.4 is 0 Å². The van der Waals surface area contributed by atoms with Crippen LogP contribution in [0.25, 0.3) is 0 Å². The van der Waals surface area contributed by atoms with Gasteiger partial charge in [-0.25, -0.2) is 4.98 Å². The Labute approximate surface area is 116 Å². The average molecular weight is 280 g/mol. The molecule has 5 nitrogen and oxygen atoms in total. The maximum absolute atomic E-state index is 13.1. The Morgan fingerprint density at radius 2 is 2.20 bits per heavy atom. The highest BCUT2D eigenvalue weighted by atomic mass is 19.1. The highest BCUT2D eigenvalue weighted by Crippen LogP contribution is 2.22. The predicted octanol–water partition coefficient (Wildman–Crippen LogP) is 2.08. The lowest BCUT2D eigenvalue weighted by atomic mass is 9.97. The number of amides is 1. The van der Waals surface area contributed by atoms with E-state index in [0.29, 0.717) is 13.0 Å². The van der Waals surface area contributed by atoms with Gasteiger partial charge in [0.2, 0.25) is 5.95 Å². The molecule has 1 aliphatic heterocycles. The van der Waals surface area contributed by atoms with Crippen molar-refractivity contribution >= 4 is 11.9 Å². The molecule has 1 N–H and O–H groups in total. The molecule has 2 heterocycles. The molecule has 1 aliphatic rings. The van der Waals surface area contributed by atoms with Crippen molar-refractivity contribution in [1.29, 1.82) is 0 Å². The summed E-state index contributed by atoms with van der Waals surface area (Å²) in [5, 5.41) is 8.76. The third-order valence-electron chi connectivity index (χ3n) is 3.51. The largest absolute Gasteiger partial charge is 0.481 e. The summed E-state index contributed by atoms with van der Waals surface area (Å²) in [6.45, 7) is 0.571. The average Bonchev–Trinajstić information content (AvgIpc) is 2.44. The standard InChI is InChI=1S/C14H17FN2O3/c15-12-6-3-5-11(16-12)14(20)17-9-2-1-4-10(17)7-8-13(18)19/h3,5-6,10H,1-2,4,7-9H2,(H,18,19). The molecule has 1 atom stereocenters. The summed E-state index contributed by atoms with van der Waals surface area (Å²) < 4.78 is 13.1. The lowest BCUT2D eigenvalue weighted by molar-refractivity contribution is -0.137. The molecule has 1 unspecified atom stereocenters. The molecule has 1 saturated heterocycles. The molecule has 0 spiro atoms. The Balaban J connectivity index is 2.10. The first-order chi connectivity index (χ1) is 9.58. The van der Waals surface area contributed by atoms with Gasteiger partial charge >= 0.3 is 5.97 Å². The van der Waals surface area contributed by atoms with E-state index in [1.807, 2.05) is 0 Å². The van der Waals surface area contributed by atoms with Gasteiger partial charge in [0, 0.05) is 19.0 Å². The van der Waals surface area contributed by atoms with E-state index in [2.05, 4.69) is 4.98 Å². The van der Waals surface area contributed by atoms with Crippen LogP contribution >= 0.6 is 0 Å². The molecule has 1 amide bonds.